The molecule has 0 aliphatic rings. The van der Waals surface area contributed by atoms with Crippen LogP contribution in [0.3, 0.4) is 0 Å². The Morgan fingerprint density at radius 2 is 1.52 bits per heavy atom. The molecule has 2 amide bonds. The van der Waals surface area contributed by atoms with Gasteiger partial charge in [0.2, 0.25) is 0 Å². The molecule has 2 aromatic rings. The summed E-state index contributed by atoms with van der Waals surface area (Å²) in [5.74, 6) is -2.02. The molecule has 0 heterocycles. The number of carbonyl (C=O) groups is 2. The van der Waals surface area contributed by atoms with Crippen LogP contribution < -0.4 is 5.32 Å². The number of aliphatic hydroxyl groups is 1. The molecule has 0 aromatic heterocycles. The molecule has 0 aliphatic carbocycles. The third-order valence-electron chi connectivity index (χ3n) is 5.44. The SMILES string of the molecule is CCCN(CCC)C(=O)c1cc(C)cc(C(=O)N[C@@H](Cc2cc(F)cc(F)c2)[C@H](O)CC)c1. The normalized spacial score (nSPS) is 12.8. The fraction of sp³-hybridized carbons (Fsp3) is 0.462. The number of benzene rings is 2. The van der Waals surface area contributed by atoms with Crippen LogP contribution in [0.1, 0.15) is 71.9 Å². The van der Waals surface area contributed by atoms with Crippen LogP contribution in [-0.4, -0.2) is 47.1 Å². The van der Waals surface area contributed by atoms with Gasteiger partial charge in [-0.3, -0.25) is 9.59 Å². The topological polar surface area (TPSA) is 69.6 Å². The Morgan fingerprint density at radius 3 is 2.06 bits per heavy atom. The van der Waals surface area contributed by atoms with E-state index in [1.165, 1.54) is 12.1 Å². The first-order valence-corrected chi connectivity index (χ1v) is 11.5. The Bertz CT molecular complexity index is 938. The minimum atomic E-state index is -0.907. The molecule has 7 heteroatoms. The number of hydrogen-bond acceptors (Lipinski definition) is 3. The Labute approximate surface area is 194 Å². The molecule has 0 bridgehead atoms. The standard InChI is InChI=1S/C26H34F2N2O3/c1-5-8-30(9-6-2)26(33)20-11-17(4)10-19(15-20)25(32)29-23(24(31)7-3)14-18-12-21(27)16-22(28)13-18/h10-13,15-16,23-24,31H,5-9,14H2,1-4H3,(H,29,32)/t23-,24+/m0/s1. The molecule has 0 radical (unpaired) electrons. The highest BCUT2D eigenvalue weighted by Gasteiger charge is 2.23. The number of amides is 2. The molecule has 2 aromatic carbocycles. The largest absolute Gasteiger partial charge is 0.391 e. The van der Waals surface area contributed by atoms with Gasteiger partial charge in [0, 0.05) is 30.3 Å². The molecule has 0 saturated carbocycles. The summed E-state index contributed by atoms with van der Waals surface area (Å²) in [5, 5.41) is 13.2. The maximum atomic E-state index is 13.6. The maximum absolute atomic E-state index is 13.6. The van der Waals surface area contributed by atoms with Gasteiger partial charge >= 0.3 is 0 Å². The molecule has 0 aliphatic heterocycles. The minimum Gasteiger partial charge on any atom is -0.391 e. The van der Waals surface area contributed by atoms with E-state index in [0.717, 1.165) is 24.5 Å². The molecule has 0 fully saturated rings. The second-order valence-electron chi connectivity index (χ2n) is 8.42. The lowest BCUT2D eigenvalue weighted by Gasteiger charge is -2.24. The fourth-order valence-corrected chi connectivity index (χ4v) is 3.88. The van der Waals surface area contributed by atoms with Gasteiger partial charge in [-0.2, -0.15) is 0 Å². The van der Waals surface area contributed by atoms with Crippen LogP contribution in [0.25, 0.3) is 0 Å². The van der Waals surface area contributed by atoms with Gasteiger partial charge in [-0.1, -0.05) is 20.8 Å². The van der Waals surface area contributed by atoms with Crippen molar-refractivity contribution in [3.8, 4) is 0 Å². The number of nitrogens with one attached hydrogen (secondary N) is 1. The van der Waals surface area contributed by atoms with E-state index in [-0.39, 0.29) is 12.3 Å². The molecule has 0 unspecified atom stereocenters. The second kappa shape index (κ2) is 12.4. The van der Waals surface area contributed by atoms with Gasteiger partial charge in [-0.05, 0) is 74.1 Å². The molecule has 5 nitrogen and oxygen atoms in total. The quantitative estimate of drug-likeness (QED) is 0.513. The van der Waals surface area contributed by atoms with Gasteiger partial charge in [0.05, 0.1) is 12.1 Å². The van der Waals surface area contributed by atoms with Gasteiger partial charge in [0.1, 0.15) is 11.6 Å². The summed E-state index contributed by atoms with van der Waals surface area (Å²) in [7, 11) is 0. The van der Waals surface area contributed by atoms with E-state index in [2.05, 4.69) is 5.32 Å². The van der Waals surface area contributed by atoms with Crippen molar-refractivity contribution < 1.29 is 23.5 Å². The molecule has 0 spiro atoms. The van der Waals surface area contributed by atoms with Crippen molar-refractivity contribution in [2.45, 2.75) is 65.5 Å². The van der Waals surface area contributed by atoms with Crippen molar-refractivity contribution >= 4 is 11.8 Å². The lowest BCUT2D eigenvalue weighted by atomic mass is 9.98. The van der Waals surface area contributed by atoms with Crippen LogP contribution in [0.5, 0.6) is 0 Å². The zero-order valence-electron chi connectivity index (χ0n) is 19.8. The van der Waals surface area contributed by atoms with E-state index >= 15 is 0 Å². The lowest BCUT2D eigenvalue weighted by Crippen LogP contribution is -2.44. The summed E-state index contributed by atoms with van der Waals surface area (Å²) in [4.78, 5) is 27.8. The van der Waals surface area contributed by atoms with Crippen LogP contribution in [-0.2, 0) is 6.42 Å². The molecule has 0 saturated heterocycles. The smallest absolute Gasteiger partial charge is 0.253 e. The van der Waals surface area contributed by atoms with Gasteiger partial charge in [-0.25, -0.2) is 8.78 Å². The number of nitrogens with zero attached hydrogens (tertiary/aromatic N) is 1. The first-order chi connectivity index (χ1) is 15.7. The van der Waals surface area contributed by atoms with Gasteiger partial charge in [0.25, 0.3) is 11.8 Å². The van der Waals surface area contributed by atoms with Gasteiger partial charge in [-0.15, -0.1) is 0 Å². The molecular weight excluding hydrogens is 426 g/mol. The monoisotopic (exact) mass is 460 g/mol. The first kappa shape index (κ1) is 26.5. The molecule has 180 valence electrons. The van der Waals surface area contributed by atoms with E-state index < -0.39 is 29.7 Å². The minimum absolute atomic E-state index is 0.0633. The fourth-order valence-electron chi connectivity index (χ4n) is 3.88. The molecule has 33 heavy (non-hydrogen) atoms. The lowest BCUT2D eigenvalue weighted by molar-refractivity contribution is 0.0755. The van der Waals surface area contributed by atoms with Crippen LogP contribution in [0.2, 0.25) is 0 Å². The van der Waals surface area contributed by atoms with Crippen molar-refractivity contribution in [1.82, 2.24) is 10.2 Å². The van der Waals surface area contributed by atoms with E-state index in [9.17, 15) is 23.5 Å². The van der Waals surface area contributed by atoms with Crippen LogP contribution in [0.15, 0.2) is 36.4 Å². The maximum Gasteiger partial charge on any atom is 0.253 e. The van der Waals surface area contributed by atoms with Crippen molar-refractivity contribution in [2.24, 2.45) is 0 Å². The number of aliphatic hydroxyl groups excluding tert-OH is 1. The van der Waals surface area contributed by atoms with Crippen molar-refractivity contribution in [2.75, 3.05) is 13.1 Å². The third-order valence-corrected chi connectivity index (χ3v) is 5.44. The van der Waals surface area contributed by atoms with E-state index in [0.29, 0.717) is 36.2 Å². The zero-order chi connectivity index (χ0) is 24.5. The number of carbonyl (C=O) groups excluding carboxylic acids is 2. The number of aryl methyl sites for hydroxylation is 1. The van der Waals surface area contributed by atoms with Crippen molar-refractivity contribution in [1.29, 1.82) is 0 Å². The summed E-state index contributed by atoms with van der Waals surface area (Å²) in [6, 6.07) is 7.38. The summed E-state index contributed by atoms with van der Waals surface area (Å²) in [6.07, 6.45) is 1.18. The highest BCUT2D eigenvalue weighted by atomic mass is 19.1. The van der Waals surface area contributed by atoms with Crippen molar-refractivity contribution in [3.63, 3.8) is 0 Å². The second-order valence-corrected chi connectivity index (χ2v) is 8.42. The average molecular weight is 461 g/mol. The molecule has 2 N–H and O–H groups in total. The van der Waals surface area contributed by atoms with Crippen molar-refractivity contribution in [3.05, 3.63) is 70.3 Å². The predicted molar refractivity (Wildman–Crippen MR) is 125 cm³/mol. The van der Waals surface area contributed by atoms with Crippen LogP contribution in [0.4, 0.5) is 8.78 Å². The highest BCUT2D eigenvalue weighted by Crippen LogP contribution is 2.16. The summed E-state index contributed by atoms with van der Waals surface area (Å²) >= 11 is 0. The summed E-state index contributed by atoms with van der Waals surface area (Å²) in [6.45, 7) is 8.86. The van der Waals surface area contributed by atoms with Crippen LogP contribution in [0, 0.1) is 18.6 Å². The Hall–Kier alpha value is -2.80. The first-order valence-electron chi connectivity index (χ1n) is 11.5. The average Bonchev–Trinajstić information content (AvgIpc) is 2.76. The Kier molecular flexibility index (Phi) is 9.97. The predicted octanol–water partition coefficient (Wildman–Crippen LogP) is 4.65. The summed E-state index contributed by atoms with van der Waals surface area (Å²) < 4.78 is 27.2. The Morgan fingerprint density at radius 1 is 0.939 bits per heavy atom. The Balaban J connectivity index is 2.27. The van der Waals surface area contributed by atoms with E-state index in [1.807, 2.05) is 20.8 Å². The van der Waals surface area contributed by atoms with E-state index in [1.54, 1.807) is 30.0 Å². The van der Waals surface area contributed by atoms with Gasteiger partial charge in [0.15, 0.2) is 0 Å². The number of rotatable bonds is 11. The third kappa shape index (κ3) is 7.63. The molecule has 2 atom stereocenters. The van der Waals surface area contributed by atoms with Crippen LogP contribution >= 0.6 is 0 Å². The van der Waals surface area contributed by atoms with Gasteiger partial charge < -0.3 is 15.3 Å². The number of halogens is 2. The zero-order valence-corrected chi connectivity index (χ0v) is 19.8. The van der Waals surface area contributed by atoms with E-state index in [4.69, 9.17) is 0 Å². The highest BCUT2D eigenvalue weighted by molar-refractivity contribution is 6.00. The molecule has 2 rings (SSSR count). The molecular formula is C26H34F2N2O3. The number of hydrogen-bond donors (Lipinski definition) is 2. The summed E-state index contributed by atoms with van der Waals surface area (Å²) in [5.41, 5.74) is 1.82.